The number of ether oxygens (including phenoxy) is 1. The highest BCUT2D eigenvalue weighted by Crippen LogP contribution is 2.41. The highest BCUT2D eigenvalue weighted by atomic mass is 32.1. The lowest BCUT2D eigenvalue weighted by Crippen LogP contribution is -2.62. The standard InChI is InChI=1S/C26H37NO5S/c1-17(28)11-14-26(5)24(31)27(21(16-32-26)18-9-7-6-8-10-18)20-15-19(12-13-25(2,3)4)33-22(20)23(29)30/h15,17-18,21,28H,6-11,14,16H2,1-5H3,(H,29,30)/t17-,21+,26-/m1/s1. The largest absolute Gasteiger partial charge is 0.477 e. The molecule has 3 atom stereocenters. The van der Waals surface area contributed by atoms with Gasteiger partial charge in [-0.15, -0.1) is 11.3 Å². The van der Waals surface area contributed by atoms with Gasteiger partial charge in [0.25, 0.3) is 5.91 Å². The summed E-state index contributed by atoms with van der Waals surface area (Å²) in [4.78, 5) is 28.6. The zero-order valence-electron chi connectivity index (χ0n) is 20.4. The number of amides is 1. The first-order valence-corrected chi connectivity index (χ1v) is 12.8. The molecule has 2 heterocycles. The number of carbonyl (C=O) groups excluding carboxylic acids is 1. The monoisotopic (exact) mass is 475 g/mol. The van der Waals surface area contributed by atoms with Gasteiger partial charge in [-0.3, -0.25) is 4.79 Å². The van der Waals surface area contributed by atoms with Crippen molar-refractivity contribution < 1.29 is 24.5 Å². The first-order valence-electron chi connectivity index (χ1n) is 12.0. The molecule has 1 saturated heterocycles. The summed E-state index contributed by atoms with van der Waals surface area (Å²) in [6.07, 6.45) is 5.69. The summed E-state index contributed by atoms with van der Waals surface area (Å²) in [5.41, 5.74) is -0.887. The minimum absolute atomic E-state index is 0.141. The number of aliphatic hydroxyl groups excluding tert-OH is 1. The number of hydrogen-bond acceptors (Lipinski definition) is 5. The molecule has 33 heavy (non-hydrogen) atoms. The van der Waals surface area contributed by atoms with Gasteiger partial charge in [0, 0.05) is 5.41 Å². The molecule has 182 valence electrons. The van der Waals surface area contributed by atoms with Crippen LogP contribution in [0.2, 0.25) is 0 Å². The van der Waals surface area contributed by atoms with Gasteiger partial charge in [0.05, 0.1) is 29.3 Å². The second-order valence-electron chi connectivity index (χ2n) is 10.7. The molecule has 1 aromatic rings. The summed E-state index contributed by atoms with van der Waals surface area (Å²) in [5, 5.41) is 19.8. The minimum atomic E-state index is -1.10. The first-order chi connectivity index (χ1) is 15.4. The Kier molecular flexibility index (Phi) is 7.93. The maximum Gasteiger partial charge on any atom is 0.348 e. The lowest BCUT2D eigenvalue weighted by Gasteiger charge is -2.47. The molecule has 1 aromatic heterocycles. The fourth-order valence-electron chi connectivity index (χ4n) is 4.65. The fourth-order valence-corrected chi connectivity index (χ4v) is 5.49. The zero-order chi connectivity index (χ0) is 24.4. The molecular formula is C26H37NO5S. The Morgan fingerprint density at radius 3 is 2.58 bits per heavy atom. The van der Waals surface area contributed by atoms with E-state index in [1.165, 1.54) is 6.42 Å². The average molecular weight is 476 g/mol. The predicted octanol–water partition coefficient (Wildman–Crippen LogP) is 5.08. The zero-order valence-corrected chi connectivity index (χ0v) is 21.3. The van der Waals surface area contributed by atoms with E-state index in [1.54, 1.807) is 24.8 Å². The molecule has 6 nitrogen and oxygen atoms in total. The maximum absolute atomic E-state index is 13.9. The van der Waals surface area contributed by atoms with Gasteiger partial charge in [-0.25, -0.2) is 4.79 Å². The molecule has 1 saturated carbocycles. The van der Waals surface area contributed by atoms with Gasteiger partial charge >= 0.3 is 5.97 Å². The van der Waals surface area contributed by atoms with Gasteiger partial charge in [-0.05, 0) is 72.3 Å². The molecule has 0 unspecified atom stereocenters. The highest BCUT2D eigenvalue weighted by Gasteiger charge is 2.49. The quantitative estimate of drug-likeness (QED) is 0.561. The van der Waals surface area contributed by atoms with E-state index in [1.807, 2.05) is 20.8 Å². The summed E-state index contributed by atoms with van der Waals surface area (Å²) in [6, 6.07) is 1.56. The second-order valence-corrected chi connectivity index (χ2v) is 11.8. The van der Waals surface area contributed by atoms with Crippen LogP contribution in [0.3, 0.4) is 0 Å². The molecule has 0 spiro atoms. The lowest BCUT2D eigenvalue weighted by atomic mass is 9.81. The predicted molar refractivity (Wildman–Crippen MR) is 131 cm³/mol. The van der Waals surface area contributed by atoms with E-state index in [4.69, 9.17) is 4.74 Å². The number of rotatable bonds is 6. The number of carboxylic acids is 1. The van der Waals surface area contributed by atoms with Gasteiger partial charge < -0.3 is 19.8 Å². The van der Waals surface area contributed by atoms with Crippen LogP contribution in [0.15, 0.2) is 6.07 Å². The molecule has 0 bridgehead atoms. The van der Waals surface area contributed by atoms with Gasteiger partial charge in [0.1, 0.15) is 10.5 Å². The molecule has 2 aliphatic rings. The number of carboxylic acid groups (broad SMARTS) is 1. The van der Waals surface area contributed by atoms with E-state index in [9.17, 15) is 19.8 Å². The van der Waals surface area contributed by atoms with Crippen LogP contribution in [-0.4, -0.2) is 46.4 Å². The molecule has 2 fully saturated rings. The topological polar surface area (TPSA) is 87.1 Å². The van der Waals surface area contributed by atoms with Crippen LogP contribution < -0.4 is 4.90 Å². The molecule has 0 aromatic carbocycles. The molecule has 1 aliphatic heterocycles. The number of aromatic carboxylic acids is 1. The number of morpholine rings is 1. The van der Waals surface area contributed by atoms with Crippen molar-refractivity contribution in [3.63, 3.8) is 0 Å². The highest BCUT2D eigenvalue weighted by molar-refractivity contribution is 7.15. The molecule has 7 heteroatoms. The summed E-state index contributed by atoms with van der Waals surface area (Å²) >= 11 is 1.12. The number of carbonyl (C=O) groups is 2. The third-order valence-electron chi connectivity index (χ3n) is 6.54. The fraction of sp³-hybridized carbons (Fsp3) is 0.692. The van der Waals surface area contributed by atoms with Gasteiger partial charge in [-0.1, -0.05) is 31.1 Å². The summed E-state index contributed by atoms with van der Waals surface area (Å²) in [6.45, 7) is 9.83. The lowest BCUT2D eigenvalue weighted by molar-refractivity contribution is -0.154. The van der Waals surface area contributed by atoms with Crippen molar-refractivity contribution in [2.75, 3.05) is 11.5 Å². The summed E-state index contributed by atoms with van der Waals surface area (Å²) in [7, 11) is 0. The van der Waals surface area contributed by atoms with E-state index in [-0.39, 0.29) is 28.2 Å². The number of aliphatic hydroxyl groups is 1. The molecule has 2 N–H and O–H groups in total. The van der Waals surface area contributed by atoms with Crippen molar-refractivity contribution in [1.29, 1.82) is 0 Å². The third kappa shape index (κ3) is 6.17. The van der Waals surface area contributed by atoms with E-state index >= 15 is 0 Å². The van der Waals surface area contributed by atoms with Crippen molar-refractivity contribution in [1.82, 2.24) is 0 Å². The number of anilines is 1. The Morgan fingerprint density at radius 1 is 1.33 bits per heavy atom. The van der Waals surface area contributed by atoms with Crippen LogP contribution in [-0.2, 0) is 9.53 Å². The van der Waals surface area contributed by atoms with E-state index in [0.29, 0.717) is 30.0 Å². The Bertz CT molecular complexity index is 929. The third-order valence-corrected chi connectivity index (χ3v) is 7.56. The van der Waals surface area contributed by atoms with Crippen LogP contribution in [0.1, 0.15) is 94.1 Å². The van der Waals surface area contributed by atoms with Gasteiger partial charge in [-0.2, -0.15) is 0 Å². The van der Waals surface area contributed by atoms with Crippen LogP contribution in [0.4, 0.5) is 5.69 Å². The molecular weight excluding hydrogens is 438 g/mol. The van der Waals surface area contributed by atoms with E-state index in [2.05, 4.69) is 11.8 Å². The normalized spacial score (nSPS) is 25.5. The number of nitrogens with zero attached hydrogens (tertiary/aromatic N) is 1. The molecule has 1 aliphatic carbocycles. The van der Waals surface area contributed by atoms with Crippen molar-refractivity contribution in [3.05, 3.63) is 15.8 Å². The van der Waals surface area contributed by atoms with Crippen molar-refractivity contribution in [2.45, 2.75) is 97.3 Å². The van der Waals surface area contributed by atoms with Crippen LogP contribution in [0.25, 0.3) is 0 Å². The molecule has 1 amide bonds. The Balaban J connectivity index is 2.06. The van der Waals surface area contributed by atoms with Crippen molar-refractivity contribution in [3.8, 4) is 11.8 Å². The van der Waals surface area contributed by atoms with Crippen molar-refractivity contribution >= 4 is 28.9 Å². The molecule has 0 radical (unpaired) electrons. The first kappa shape index (κ1) is 25.7. The van der Waals surface area contributed by atoms with Crippen LogP contribution >= 0.6 is 11.3 Å². The summed E-state index contributed by atoms with van der Waals surface area (Å²) in [5.74, 6) is 5.28. The molecule has 3 rings (SSSR count). The van der Waals surface area contributed by atoms with Gasteiger partial charge in [0.2, 0.25) is 0 Å². The number of thiophene rings is 1. The second kappa shape index (κ2) is 10.2. The number of hydrogen-bond donors (Lipinski definition) is 2. The van der Waals surface area contributed by atoms with Crippen LogP contribution in [0.5, 0.6) is 0 Å². The SMILES string of the molecule is C[C@@H](O)CC[C@@]1(C)OC[C@@H](C2CCCCC2)N(c2cc(C#CC(C)(C)C)sc2C(=O)O)C1=O. The smallest absolute Gasteiger partial charge is 0.348 e. The van der Waals surface area contributed by atoms with Crippen LogP contribution in [0, 0.1) is 23.2 Å². The summed E-state index contributed by atoms with van der Waals surface area (Å²) < 4.78 is 6.17. The minimum Gasteiger partial charge on any atom is -0.477 e. The Labute approximate surface area is 201 Å². The average Bonchev–Trinajstić information content (AvgIpc) is 3.17. The Hall–Kier alpha value is -1.88. The van der Waals surface area contributed by atoms with Crippen molar-refractivity contribution in [2.24, 2.45) is 11.3 Å². The van der Waals surface area contributed by atoms with Gasteiger partial charge in [0.15, 0.2) is 0 Å². The van der Waals surface area contributed by atoms with E-state index in [0.717, 1.165) is 37.0 Å². The Morgan fingerprint density at radius 2 is 2.00 bits per heavy atom. The maximum atomic E-state index is 13.9. The van der Waals surface area contributed by atoms with E-state index < -0.39 is 17.7 Å².